The normalized spacial score (nSPS) is 10.9. The zero-order valence-electron chi connectivity index (χ0n) is 33.3. The van der Waals surface area contributed by atoms with Gasteiger partial charge in [-0.1, -0.05) is 188 Å². The zero-order chi connectivity index (χ0) is 41.7. The lowest BCUT2D eigenvalue weighted by Crippen LogP contribution is -2.00. The number of rotatable bonds is 9. The standard InChI is InChI=1S/C55H35N7/c56-36-46-25-13-14-30-47(46)49-35-42(41-26-15-28-44(33-41)54-59-50(37-17-5-1-6-18-37)57-51(60-54)38-19-7-2-8-20-38)31-32-48(49)43-27-16-29-45(34-43)55-61-52(39-21-9-3-10-22-39)58-53(62-55)40-23-11-4-12-24-40/h1-35H. The zero-order valence-corrected chi connectivity index (χ0v) is 33.3. The molecule has 290 valence electrons. The average molecular weight is 794 g/mol. The Bertz CT molecular complexity index is 3120. The number of aromatic nitrogens is 6. The molecular formula is C55H35N7. The van der Waals surface area contributed by atoms with E-state index in [0.717, 1.165) is 66.8 Å². The molecule has 0 amide bonds. The third kappa shape index (κ3) is 7.75. The summed E-state index contributed by atoms with van der Waals surface area (Å²) in [5.41, 5.74) is 11.6. The van der Waals surface area contributed by atoms with E-state index < -0.39 is 0 Å². The Morgan fingerprint density at radius 1 is 0.242 bits per heavy atom. The van der Waals surface area contributed by atoms with Crippen molar-refractivity contribution in [2.45, 2.75) is 0 Å². The van der Waals surface area contributed by atoms with Crippen LogP contribution in [0.1, 0.15) is 5.56 Å². The highest BCUT2D eigenvalue weighted by molar-refractivity contribution is 5.90. The molecular weight excluding hydrogens is 759 g/mol. The second-order valence-corrected chi connectivity index (χ2v) is 14.7. The molecule has 2 aromatic heterocycles. The van der Waals surface area contributed by atoms with Crippen molar-refractivity contribution in [2.24, 2.45) is 0 Å². The van der Waals surface area contributed by atoms with Crippen LogP contribution in [-0.4, -0.2) is 29.9 Å². The predicted octanol–water partition coefficient (Wildman–Crippen LogP) is 12.9. The van der Waals surface area contributed by atoms with Gasteiger partial charge in [0.25, 0.3) is 0 Å². The molecule has 10 aromatic rings. The maximum Gasteiger partial charge on any atom is 0.164 e. The smallest absolute Gasteiger partial charge is 0.164 e. The lowest BCUT2D eigenvalue weighted by atomic mass is 9.88. The summed E-state index contributed by atoms with van der Waals surface area (Å²) >= 11 is 0. The van der Waals surface area contributed by atoms with Gasteiger partial charge in [0.15, 0.2) is 34.9 Å². The number of benzene rings is 8. The third-order valence-electron chi connectivity index (χ3n) is 10.6. The summed E-state index contributed by atoms with van der Waals surface area (Å²) in [6.45, 7) is 0. The summed E-state index contributed by atoms with van der Waals surface area (Å²) in [7, 11) is 0. The summed E-state index contributed by atoms with van der Waals surface area (Å²) in [6, 6.07) is 73.0. The molecule has 8 aromatic carbocycles. The summed E-state index contributed by atoms with van der Waals surface area (Å²) in [4.78, 5) is 29.7. The molecule has 0 aliphatic heterocycles. The fraction of sp³-hybridized carbons (Fsp3) is 0. The average Bonchev–Trinajstić information content (AvgIpc) is 3.37. The predicted molar refractivity (Wildman–Crippen MR) is 247 cm³/mol. The molecule has 7 nitrogen and oxygen atoms in total. The van der Waals surface area contributed by atoms with Crippen LogP contribution in [0, 0.1) is 11.3 Å². The summed E-state index contributed by atoms with van der Waals surface area (Å²) in [5.74, 6) is 3.54. The Morgan fingerprint density at radius 2 is 0.581 bits per heavy atom. The van der Waals surface area contributed by atoms with Crippen molar-refractivity contribution >= 4 is 0 Å². The van der Waals surface area contributed by atoms with Crippen molar-refractivity contribution in [1.29, 1.82) is 5.26 Å². The molecule has 2 heterocycles. The van der Waals surface area contributed by atoms with Gasteiger partial charge in [-0.2, -0.15) is 5.26 Å². The van der Waals surface area contributed by atoms with E-state index in [1.807, 2.05) is 170 Å². The van der Waals surface area contributed by atoms with Gasteiger partial charge in [0.1, 0.15) is 0 Å². The summed E-state index contributed by atoms with van der Waals surface area (Å²) in [5, 5.41) is 10.3. The van der Waals surface area contributed by atoms with E-state index in [-0.39, 0.29) is 0 Å². The molecule has 0 atom stereocenters. The van der Waals surface area contributed by atoms with E-state index in [1.54, 1.807) is 0 Å². The quantitative estimate of drug-likeness (QED) is 0.143. The minimum Gasteiger partial charge on any atom is -0.208 e. The topological polar surface area (TPSA) is 101 Å². The molecule has 0 radical (unpaired) electrons. The largest absolute Gasteiger partial charge is 0.208 e. The van der Waals surface area contributed by atoms with E-state index in [9.17, 15) is 5.26 Å². The first-order chi connectivity index (χ1) is 30.7. The highest BCUT2D eigenvalue weighted by atomic mass is 15.0. The second-order valence-electron chi connectivity index (χ2n) is 14.7. The molecule has 0 saturated carbocycles. The van der Waals surface area contributed by atoms with Crippen LogP contribution in [-0.2, 0) is 0 Å². The van der Waals surface area contributed by atoms with E-state index in [4.69, 9.17) is 29.9 Å². The fourth-order valence-corrected chi connectivity index (χ4v) is 7.55. The Balaban J connectivity index is 1.09. The molecule has 0 saturated heterocycles. The van der Waals surface area contributed by atoms with Crippen LogP contribution in [0.25, 0.3) is 102 Å². The molecule has 10 rings (SSSR count). The minimum absolute atomic E-state index is 0.566. The van der Waals surface area contributed by atoms with Crippen LogP contribution in [0.2, 0.25) is 0 Å². The Labute approximate surface area is 359 Å². The minimum atomic E-state index is 0.566. The molecule has 0 unspecified atom stereocenters. The maximum absolute atomic E-state index is 10.3. The van der Waals surface area contributed by atoms with Crippen molar-refractivity contribution in [3.05, 3.63) is 218 Å². The van der Waals surface area contributed by atoms with Gasteiger partial charge in [0.05, 0.1) is 11.6 Å². The first kappa shape index (κ1) is 37.5. The van der Waals surface area contributed by atoms with Gasteiger partial charge >= 0.3 is 0 Å². The molecule has 0 bridgehead atoms. The number of hydrogen-bond donors (Lipinski definition) is 0. The molecule has 0 aliphatic rings. The Kier molecular flexibility index (Phi) is 10.2. The first-order valence-corrected chi connectivity index (χ1v) is 20.3. The van der Waals surface area contributed by atoms with Crippen LogP contribution in [0.15, 0.2) is 212 Å². The van der Waals surface area contributed by atoms with Crippen molar-refractivity contribution in [2.75, 3.05) is 0 Å². The first-order valence-electron chi connectivity index (χ1n) is 20.3. The molecule has 0 N–H and O–H groups in total. The molecule has 0 fully saturated rings. The lowest BCUT2D eigenvalue weighted by molar-refractivity contribution is 1.07. The third-order valence-corrected chi connectivity index (χ3v) is 10.6. The highest BCUT2D eigenvalue weighted by Gasteiger charge is 2.18. The lowest BCUT2D eigenvalue weighted by Gasteiger charge is -2.16. The van der Waals surface area contributed by atoms with Crippen LogP contribution in [0.4, 0.5) is 0 Å². The van der Waals surface area contributed by atoms with Gasteiger partial charge in [-0.3, -0.25) is 0 Å². The van der Waals surface area contributed by atoms with Crippen molar-refractivity contribution in [3.8, 4) is 108 Å². The van der Waals surface area contributed by atoms with E-state index in [2.05, 4.69) is 48.5 Å². The van der Waals surface area contributed by atoms with Gasteiger partial charge in [0, 0.05) is 38.9 Å². The Hall–Kier alpha value is -8.73. The monoisotopic (exact) mass is 793 g/mol. The number of nitrogens with zero attached hydrogens (tertiary/aromatic N) is 7. The van der Waals surface area contributed by atoms with Gasteiger partial charge < -0.3 is 0 Å². The molecule has 0 aliphatic carbocycles. The van der Waals surface area contributed by atoms with E-state index in [1.165, 1.54) is 0 Å². The molecule has 7 heteroatoms. The van der Waals surface area contributed by atoms with Crippen molar-refractivity contribution in [1.82, 2.24) is 29.9 Å². The van der Waals surface area contributed by atoms with Crippen LogP contribution in [0.3, 0.4) is 0 Å². The SMILES string of the molecule is N#Cc1ccccc1-c1cc(-c2cccc(-c3nc(-c4ccccc4)nc(-c4ccccc4)n3)c2)ccc1-c1cccc(-c2nc(-c3ccccc3)nc(-c3ccccc3)n2)c1. The molecule has 0 spiro atoms. The van der Waals surface area contributed by atoms with Gasteiger partial charge in [-0.15, -0.1) is 0 Å². The van der Waals surface area contributed by atoms with E-state index in [0.29, 0.717) is 40.5 Å². The van der Waals surface area contributed by atoms with Crippen LogP contribution >= 0.6 is 0 Å². The summed E-state index contributed by atoms with van der Waals surface area (Å²) in [6.07, 6.45) is 0. The highest BCUT2D eigenvalue weighted by Crippen LogP contribution is 2.39. The van der Waals surface area contributed by atoms with Crippen molar-refractivity contribution < 1.29 is 0 Å². The summed E-state index contributed by atoms with van der Waals surface area (Å²) < 4.78 is 0. The maximum atomic E-state index is 10.3. The van der Waals surface area contributed by atoms with Gasteiger partial charge in [-0.05, 0) is 52.1 Å². The van der Waals surface area contributed by atoms with Gasteiger partial charge in [0.2, 0.25) is 0 Å². The Morgan fingerprint density at radius 3 is 1.03 bits per heavy atom. The number of hydrogen-bond acceptors (Lipinski definition) is 7. The van der Waals surface area contributed by atoms with E-state index >= 15 is 0 Å². The number of nitriles is 1. The second kappa shape index (κ2) is 16.9. The van der Waals surface area contributed by atoms with Crippen LogP contribution < -0.4 is 0 Å². The van der Waals surface area contributed by atoms with Crippen molar-refractivity contribution in [3.63, 3.8) is 0 Å². The molecule has 62 heavy (non-hydrogen) atoms. The van der Waals surface area contributed by atoms with Gasteiger partial charge in [-0.25, -0.2) is 29.9 Å². The fourth-order valence-electron chi connectivity index (χ4n) is 7.55. The van der Waals surface area contributed by atoms with Crippen LogP contribution in [0.5, 0.6) is 0 Å².